The maximum absolute atomic E-state index is 12.5. The van der Waals surface area contributed by atoms with Gasteiger partial charge in [0.05, 0.1) is 19.0 Å². The Morgan fingerprint density at radius 3 is 2.58 bits per heavy atom. The van der Waals surface area contributed by atoms with Gasteiger partial charge in [0.25, 0.3) is 0 Å². The number of methoxy groups -OCH3 is 1. The van der Waals surface area contributed by atoms with E-state index in [0.29, 0.717) is 39.0 Å². The number of hydrogen-bond acceptors (Lipinski definition) is 4. The van der Waals surface area contributed by atoms with Crippen molar-refractivity contribution in [1.82, 2.24) is 19.6 Å². The van der Waals surface area contributed by atoms with E-state index in [1.54, 1.807) is 4.90 Å². The fraction of sp³-hybridized carbons (Fsp3) is 0.421. The van der Waals surface area contributed by atoms with Crippen molar-refractivity contribution in [3.63, 3.8) is 0 Å². The second kappa shape index (κ2) is 8.51. The van der Waals surface area contributed by atoms with Crippen LogP contribution in [-0.4, -0.2) is 64.9 Å². The molecule has 1 aliphatic rings. The third-order valence-electron chi connectivity index (χ3n) is 4.57. The van der Waals surface area contributed by atoms with Crippen LogP contribution in [0, 0.1) is 0 Å². The highest BCUT2D eigenvalue weighted by Crippen LogP contribution is 2.11. The van der Waals surface area contributed by atoms with E-state index in [-0.39, 0.29) is 12.0 Å². The molecule has 2 aromatic rings. The first-order valence-electron chi connectivity index (χ1n) is 8.87. The molecule has 0 bridgehead atoms. The largest absolute Gasteiger partial charge is 0.453 e. The van der Waals surface area contributed by atoms with Gasteiger partial charge in [-0.25, -0.2) is 9.48 Å². The Labute approximate surface area is 153 Å². The first-order valence-corrected chi connectivity index (χ1v) is 8.87. The Balaban J connectivity index is 1.51. The second-order valence-corrected chi connectivity index (χ2v) is 6.32. The van der Waals surface area contributed by atoms with E-state index in [1.165, 1.54) is 7.11 Å². The first-order chi connectivity index (χ1) is 12.7. The molecule has 0 atom stereocenters. The van der Waals surface area contributed by atoms with E-state index in [0.717, 1.165) is 17.7 Å². The number of benzene rings is 1. The number of aromatic nitrogens is 2. The van der Waals surface area contributed by atoms with Crippen molar-refractivity contribution in [2.24, 2.45) is 0 Å². The molecule has 1 fully saturated rings. The van der Waals surface area contributed by atoms with Crippen LogP contribution in [-0.2, 0) is 16.0 Å². The fourth-order valence-corrected chi connectivity index (χ4v) is 3.10. The Kier molecular flexibility index (Phi) is 5.88. The van der Waals surface area contributed by atoms with Crippen LogP contribution in [0.3, 0.4) is 0 Å². The minimum atomic E-state index is -0.326. The summed E-state index contributed by atoms with van der Waals surface area (Å²) in [5, 5.41) is 4.36. The molecule has 0 spiro atoms. The van der Waals surface area contributed by atoms with E-state index in [9.17, 15) is 9.59 Å². The minimum Gasteiger partial charge on any atom is -0.453 e. The van der Waals surface area contributed by atoms with Gasteiger partial charge >= 0.3 is 6.09 Å². The monoisotopic (exact) mass is 356 g/mol. The SMILES string of the molecule is COC(=O)N1CCCN(C(=O)CCc2cnn(-c3ccccc3)c2)CC1. The molecule has 26 heavy (non-hydrogen) atoms. The number of carbonyl (C=O) groups excluding carboxylic acids is 2. The summed E-state index contributed by atoms with van der Waals surface area (Å²) in [6.45, 7) is 2.37. The maximum atomic E-state index is 12.5. The number of rotatable bonds is 4. The lowest BCUT2D eigenvalue weighted by molar-refractivity contribution is -0.131. The number of nitrogens with zero attached hydrogens (tertiary/aromatic N) is 4. The predicted octanol–water partition coefficient (Wildman–Crippen LogP) is 2.11. The van der Waals surface area contributed by atoms with Gasteiger partial charge in [-0.15, -0.1) is 0 Å². The van der Waals surface area contributed by atoms with Crippen LogP contribution < -0.4 is 0 Å². The van der Waals surface area contributed by atoms with Crippen LogP contribution in [0.5, 0.6) is 0 Å². The molecule has 2 amide bonds. The molecular formula is C19H24N4O3. The molecule has 1 aromatic carbocycles. The van der Waals surface area contributed by atoms with Gasteiger partial charge in [-0.2, -0.15) is 5.10 Å². The molecule has 0 N–H and O–H groups in total. The van der Waals surface area contributed by atoms with Crippen LogP contribution >= 0.6 is 0 Å². The van der Waals surface area contributed by atoms with Gasteiger partial charge in [0, 0.05) is 38.8 Å². The van der Waals surface area contributed by atoms with Crippen molar-refractivity contribution in [2.75, 3.05) is 33.3 Å². The van der Waals surface area contributed by atoms with Crippen molar-refractivity contribution in [3.8, 4) is 5.69 Å². The molecule has 0 saturated carbocycles. The Hall–Kier alpha value is -2.83. The van der Waals surface area contributed by atoms with Crippen molar-refractivity contribution in [1.29, 1.82) is 0 Å². The summed E-state index contributed by atoms with van der Waals surface area (Å²) in [7, 11) is 1.38. The molecule has 0 aliphatic carbocycles. The standard InChI is InChI=1S/C19H24N4O3/c1-26-19(25)22-11-5-10-21(12-13-22)18(24)9-8-16-14-20-23(15-16)17-6-3-2-4-7-17/h2-4,6-7,14-15H,5,8-13H2,1H3. The molecule has 7 nitrogen and oxygen atoms in total. The van der Waals surface area contributed by atoms with Gasteiger partial charge in [0.1, 0.15) is 0 Å². The molecule has 0 radical (unpaired) electrons. The summed E-state index contributed by atoms with van der Waals surface area (Å²) >= 11 is 0. The van der Waals surface area contributed by atoms with E-state index in [2.05, 4.69) is 5.10 Å². The van der Waals surface area contributed by atoms with Crippen molar-refractivity contribution >= 4 is 12.0 Å². The fourth-order valence-electron chi connectivity index (χ4n) is 3.10. The number of hydrogen-bond donors (Lipinski definition) is 0. The van der Waals surface area contributed by atoms with Gasteiger partial charge in [0.15, 0.2) is 0 Å². The lowest BCUT2D eigenvalue weighted by Gasteiger charge is -2.21. The lowest BCUT2D eigenvalue weighted by atomic mass is 10.2. The number of para-hydroxylation sites is 1. The van der Waals surface area contributed by atoms with Crippen LogP contribution in [0.2, 0.25) is 0 Å². The highest BCUT2D eigenvalue weighted by molar-refractivity contribution is 5.76. The van der Waals surface area contributed by atoms with Crippen molar-refractivity contribution < 1.29 is 14.3 Å². The van der Waals surface area contributed by atoms with Gasteiger partial charge in [-0.3, -0.25) is 4.79 Å². The molecule has 1 aromatic heterocycles. The summed E-state index contributed by atoms with van der Waals surface area (Å²) < 4.78 is 6.58. The predicted molar refractivity (Wildman–Crippen MR) is 97.1 cm³/mol. The zero-order valence-corrected chi connectivity index (χ0v) is 15.0. The van der Waals surface area contributed by atoms with Crippen molar-refractivity contribution in [2.45, 2.75) is 19.3 Å². The summed E-state index contributed by atoms with van der Waals surface area (Å²) in [4.78, 5) is 27.6. The van der Waals surface area contributed by atoms with E-state index in [1.807, 2.05) is 52.3 Å². The maximum Gasteiger partial charge on any atom is 0.409 e. The smallest absolute Gasteiger partial charge is 0.409 e. The Bertz CT molecular complexity index is 744. The van der Waals surface area contributed by atoms with E-state index >= 15 is 0 Å². The highest BCUT2D eigenvalue weighted by atomic mass is 16.5. The van der Waals surface area contributed by atoms with Crippen molar-refractivity contribution in [3.05, 3.63) is 48.3 Å². The molecule has 138 valence electrons. The van der Waals surface area contributed by atoms with Gasteiger partial charge in [-0.05, 0) is 30.5 Å². The molecule has 1 aliphatic heterocycles. The second-order valence-electron chi connectivity index (χ2n) is 6.32. The molecule has 0 unspecified atom stereocenters. The summed E-state index contributed by atoms with van der Waals surface area (Å²) in [6, 6.07) is 9.89. The summed E-state index contributed by atoms with van der Waals surface area (Å²) in [6.07, 6.45) is 5.31. The summed E-state index contributed by atoms with van der Waals surface area (Å²) in [5.41, 5.74) is 2.04. The minimum absolute atomic E-state index is 0.115. The van der Waals surface area contributed by atoms with Gasteiger partial charge in [-0.1, -0.05) is 18.2 Å². The van der Waals surface area contributed by atoms with E-state index in [4.69, 9.17) is 4.74 Å². The van der Waals surface area contributed by atoms with E-state index < -0.39 is 0 Å². The summed E-state index contributed by atoms with van der Waals surface area (Å²) in [5.74, 6) is 0.115. The topological polar surface area (TPSA) is 67.7 Å². The van der Waals surface area contributed by atoms with Crippen LogP contribution in [0.25, 0.3) is 5.69 Å². The lowest BCUT2D eigenvalue weighted by Crippen LogP contribution is -2.37. The van der Waals surface area contributed by atoms with Gasteiger partial charge < -0.3 is 14.5 Å². The average molecular weight is 356 g/mol. The normalized spacial score (nSPS) is 14.8. The molecule has 7 heteroatoms. The Morgan fingerprint density at radius 2 is 1.81 bits per heavy atom. The van der Waals surface area contributed by atoms with Gasteiger partial charge in [0.2, 0.25) is 5.91 Å². The first kappa shape index (κ1) is 18.0. The molecule has 3 rings (SSSR count). The van der Waals surface area contributed by atoms with Crippen LogP contribution in [0.15, 0.2) is 42.7 Å². The quantitative estimate of drug-likeness (QED) is 0.841. The van der Waals surface area contributed by atoms with Crippen LogP contribution in [0.1, 0.15) is 18.4 Å². The third-order valence-corrected chi connectivity index (χ3v) is 4.57. The average Bonchev–Trinajstić information content (AvgIpc) is 3.02. The molecule has 2 heterocycles. The number of carbonyl (C=O) groups is 2. The highest BCUT2D eigenvalue weighted by Gasteiger charge is 2.22. The van der Waals surface area contributed by atoms with Crippen LogP contribution in [0.4, 0.5) is 4.79 Å². The molecular weight excluding hydrogens is 332 g/mol. The third kappa shape index (κ3) is 4.41. The number of ether oxygens (including phenoxy) is 1. The Morgan fingerprint density at radius 1 is 1.08 bits per heavy atom. The zero-order valence-electron chi connectivity index (χ0n) is 15.0. The zero-order chi connectivity index (χ0) is 18.4. The molecule has 1 saturated heterocycles. The number of aryl methyl sites for hydroxylation is 1. The number of amides is 2.